The standard InChI is InChI=1S/C12H22N2O5S/c1-4-14(5-2)20(18,19)8-11(15)13-6-9(3)10(7-13)12(16)17/h9-10H,4-8H2,1-3H3,(H,16,17)/t9-,10-/m1/s1. The van der Waals surface area contributed by atoms with Crippen molar-refractivity contribution in [3.8, 4) is 0 Å². The number of likely N-dealkylation sites (tertiary alicyclic amines) is 1. The number of carbonyl (C=O) groups excluding carboxylic acids is 1. The van der Waals surface area contributed by atoms with Gasteiger partial charge in [-0.25, -0.2) is 12.7 Å². The van der Waals surface area contributed by atoms with Gasteiger partial charge in [0.05, 0.1) is 5.92 Å². The van der Waals surface area contributed by atoms with Crippen molar-refractivity contribution in [2.45, 2.75) is 20.8 Å². The van der Waals surface area contributed by atoms with Crippen LogP contribution in [0.3, 0.4) is 0 Å². The molecular weight excluding hydrogens is 284 g/mol. The molecule has 0 aromatic rings. The van der Waals surface area contributed by atoms with Crippen LogP contribution in [0, 0.1) is 11.8 Å². The first kappa shape index (κ1) is 16.9. The smallest absolute Gasteiger partial charge is 0.308 e. The molecule has 2 atom stereocenters. The van der Waals surface area contributed by atoms with E-state index in [1.165, 1.54) is 9.21 Å². The molecule has 20 heavy (non-hydrogen) atoms. The number of aliphatic carboxylic acids is 1. The highest BCUT2D eigenvalue weighted by Gasteiger charge is 2.38. The van der Waals surface area contributed by atoms with Crippen molar-refractivity contribution < 1.29 is 23.1 Å². The topological polar surface area (TPSA) is 95.0 Å². The molecule has 1 saturated heterocycles. The van der Waals surface area contributed by atoms with Crippen molar-refractivity contribution in [3.63, 3.8) is 0 Å². The number of sulfonamides is 1. The van der Waals surface area contributed by atoms with E-state index in [9.17, 15) is 18.0 Å². The summed E-state index contributed by atoms with van der Waals surface area (Å²) < 4.78 is 25.3. The molecule has 1 N–H and O–H groups in total. The lowest BCUT2D eigenvalue weighted by molar-refractivity contribution is -0.142. The molecule has 1 amide bonds. The van der Waals surface area contributed by atoms with Crippen molar-refractivity contribution in [3.05, 3.63) is 0 Å². The number of amides is 1. The van der Waals surface area contributed by atoms with E-state index in [0.717, 1.165) is 0 Å². The van der Waals surface area contributed by atoms with Crippen LogP contribution < -0.4 is 0 Å². The number of carboxylic acids is 1. The summed E-state index contributed by atoms with van der Waals surface area (Å²) in [7, 11) is -3.62. The Bertz CT molecular complexity index is 472. The van der Waals surface area contributed by atoms with Gasteiger partial charge >= 0.3 is 5.97 Å². The van der Waals surface area contributed by atoms with Crippen LogP contribution in [0.5, 0.6) is 0 Å². The van der Waals surface area contributed by atoms with E-state index < -0.39 is 33.6 Å². The van der Waals surface area contributed by atoms with Crippen LogP contribution in [0.4, 0.5) is 0 Å². The van der Waals surface area contributed by atoms with E-state index in [4.69, 9.17) is 5.11 Å². The fraction of sp³-hybridized carbons (Fsp3) is 0.833. The Labute approximate surface area is 119 Å². The SMILES string of the molecule is CCN(CC)S(=O)(=O)CC(=O)N1C[C@@H](C)[C@H](C(=O)O)C1. The zero-order valence-corrected chi connectivity index (χ0v) is 12.9. The highest BCUT2D eigenvalue weighted by atomic mass is 32.2. The first-order valence-electron chi connectivity index (χ1n) is 6.71. The number of rotatable bonds is 6. The van der Waals surface area contributed by atoms with Gasteiger partial charge in [-0.2, -0.15) is 0 Å². The zero-order chi connectivity index (χ0) is 15.5. The lowest BCUT2D eigenvalue weighted by Crippen LogP contribution is -2.41. The van der Waals surface area contributed by atoms with Gasteiger partial charge in [0.15, 0.2) is 0 Å². The molecule has 116 valence electrons. The van der Waals surface area contributed by atoms with E-state index in [0.29, 0.717) is 19.6 Å². The number of carbonyl (C=O) groups is 2. The van der Waals surface area contributed by atoms with Gasteiger partial charge in [-0.3, -0.25) is 9.59 Å². The molecule has 7 nitrogen and oxygen atoms in total. The fourth-order valence-corrected chi connectivity index (χ4v) is 3.91. The summed E-state index contributed by atoms with van der Waals surface area (Å²) in [5.41, 5.74) is 0. The third kappa shape index (κ3) is 3.69. The molecule has 1 heterocycles. The van der Waals surface area contributed by atoms with Gasteiger partial charge in [0.2, 0.25) is 15.9 Å². The first-order chi connectivity index (χ1) is 9.22. The minimum absolute atomic E-state index is 0.0864. The molecule has 0 spiro atoms. The third-order valence-corrected chi connectivity index (χ3v) is 5.60. The molecule has 0 bridgehead atoms. The van der Waals surface area contributed by atoms with Crippen LogP contribution >= 0.6 is 0 Å². The molecule has 0 radical (unpaired) electrons. The maximum Gasteiger partial charge on any atom is 0.308 e. The number of nitrogens with zero attached hydrogens (tertiary/aromatic N) is 2. The van der Waals surface area contributed by atoms with Crippen molar-refractivity contribution in [1.82, 2.24) is 9.21 Å². The van der Waals surface area contributed by atoms with E-state index in [-0.39, 0.29) is 12.5 Å². The Morgan fingerprint density at radius 1 is 1.25 bits per heavy atom. The van der Waals surface area contributed by atoms with Gasteiger partial charge in [-0.1, -0.05) is 20.8 Å². The van der Waals surface area contributed by atoms with Crippen LogP contribution in [0.25, 0.3) is 0 Å². The summed E-state index contributed by atoms with van der Waals surface area (Å²) in [6.45, 7) is 6.20. The summed E-state index contributed by atoms with van der Waals surface area (Å²) in [6.07, 6.45) is 0. The van der Waals surface area contributed by atoms with E-state index >= 15 is 0 Å². The van der Waals surface area contributed by atoms with Gasteiger partial charge < -0.3 is 10.0 Å². The second-order valence-electron chi connectivity index (χ2n) is 5.06. The van der Waals surface area contributed by atoms with Crippen LogP contribution in [-0.4, -0.2) is 66.5 Å². The van der Waals surface area contributed by atoms with Crippen molar-refractivity contribution in [2.75, 3.05) is 31.9 Å². The quantitative estimate of drug-likeness (QED) is 0.735. The van der Waals surface area contributed by atoms with Crippen LogP contribution in [-0.2, 0) is 19.6 Å². The predicted octanol–water partition coefficient (Wildman–Crippen LogP) is -0.163. The maximum absolute atomic E-state index is 12.0. The average Bonchev–Trinajstić information content (AvgIpc) is 2.72. The predicted molar refractivity (Wildman–Crippen MR) is 73.6 cm³/mol. The number of hydrogen-bond acceptors (Lipinski definition) is 4. The van der Waals surface area contributed by atoms with Gasteiger partial charge in [0.25, 0.3) is 0 Å². The van der Waals surface area contributed by atoms with Gasteiger partial charge in [0.1, 0.15) is 5.75 Å². The van der Waals surface area contributed by atoms with E-state index in [1.807, 2.05) is 0 Å². The fourth-order valence-electron chi connectivity index (χ4n) is 2.45. The number of carboxylic acid groups (broad SMARTS) is 1. The molecule has 1 aliphatic heterocycles. The molecule has 8 heteroatoms. The molecule has 1 fully saturated rings. The minimum Gasteiger partial charge on any atom is -0.481 e. The summed E-state index contributed by atoms with van der Waals surface area (Å²) in [5.74, 6) is -2.83. The molecular formula is C12H22N2O5S. The summed E-state index contributed by atoms with van der Waals surface area (Å²) >= 11 is 0. The van der Waals surface area contributed by atoms with Crippen LogP contribution in [0.15, 0.2) is 0 Å². The largest absolute Gasteiger partial charge is 0.481 e. The van der Waals surface area contributed by atoms with E-state index in [2.05, 4.69) is 0 Å². The Morgan fingerprint density at radius 2 is 1.80 bits per heavy atom. The molecule has 0 aromatic carbocycles. The zero-order valence-electron chi connectivity index (χ0n) is 12.1. The highest BCUT2D eigenvalue weighted by molar-refractivity contribution is 7.89. The second kappa shape index (κ2) is 6.53. The molecule has 1 rings (SSSR count). The third-order valence-electron chi connectivity index (χ3n) is 3.69. The van der Waals surface area contributed by atoms with Crippen molar-refractivity contribution in [1.29, 1.82) is 0 Å². The first-order valence-corrected chi connectivity index (χ1v) is 8.32. The van der Waals surface area contributed by atoms with Crippen molar-refractivity contribution >= 4 is 21.9 Å². The summed E-state index contributed by atoms with van der Waals surface area (Å²) in [5, 5.41) is 9.02. The molecule has 0 unspecified atom stereocenters. The maximum atomic E-state index is 12.0. The molecule has 0 aliphatic carbocycles. The van der Waals surface area contributed by atoms with Crippen LogP contribution in [0.1, 0.15) is 20.8 Å². The number of hydrogen-bond donors (Lipinski definition) is 1. The second-order valence-corrected chi connectivity index (χ2v) is 7.03. The Morgan fingerprint density at radius 3 is 2.20 bits per heavy atom. The van der Waals surface area contributed by atoms with Gasteiger partial charge in [-0.15, -0.1) is 0 Å². The van der Waals surface area contributed by atoms with Crippen LogP contribution in [0.2, 0.25) is 0 Å². The van der Waals surface area contributed by atoms with Gasteiger partial charge in [-0.05, 0) is 5.92 Å². The lowest BCUT2D eigenvalue weighted by atomic mass is 9.99. The highest BCUT2D eigenvalue weighted by Crippen LogP contribution is 2.23. The Hall–Kier alpha value is -1.15. The normalized spacial score (nSPS) is 23.3. The van der Waals surface area contributed by atoms with E-state index in [1.54, 1.807) is 20.8 Å². The molecule has 0 aromatic heterocycles. The molecule has 1 aliphatic rings. The molecule has 0 saturated carbocycles. The minimum atomic E-state index is -3.62. The Kier molecular flexibility index (Phi) is 5.52. The monoisotopic (exact) mass is 306 g/mol. The summed E-state index contributed by atoms with van der Waals surface area (Å²) in [6, 6.07) is 0. The van der Waals surface area contributed by atoms with Crippen molar-refractivity contribution in [2.24, 2.45) is 11.8 Å². The lowest BCUT2D eigenvalue weighted by Gasteiger charge is -2.21. The summed E-state index contributed by atoms with van der Waals surface area (Å²) in [4.78, 5) is 24.4. The average molecular weight is 306 g/mol. The van der Waals surface area contributed by atoms with Gasteiger partial charge in [0, 0.05) is 26.2 Å². The Balaban J connectivity index is 2.71.